The van der Waals surface area contributed by atoms with Crippen LogP contribution in [0.1, 0.15) is 50.8 Å². The Hall–Kier alpha value is -2.23. The SMILES string of the molecule is CC(C)c1noc(N2CCN([C@@H](C)CCOc3ccc(C(O)O)c(F)c3)CC2)n1. The van der Waals surface area contributed by atoms with E-state index < -0.39 is 12.1 Å². The molecule has 160 valence electrons. The minimum atomic E-state index is -1.83. The van der Waals surface area contributed by atoms with Crippen molar-refractivity contribution in [3.05, 3.63) is 35.4 Å². The van der Waals surface area contributed by atoms with E-state index in [1.807, 2.05) is 13.8 Å². The summed E-state index contributed by atoms with van der Waals surface area (Å²) < 4.78 is 24.8. The predicted octanol–water partition coefficient (Wildman–Crippen LogP) is 2.29. The lowest BCUT2D eigenvalue weighted by atomic mass is 10.1. The van der Waals surface area contributed by atoms with Gasteiger partial charge in [-0.15, -0.1) is 0 Å². The van der Waals surface area contributed by atoms with E-state index in [-0.39, 0.29) is 11.5 Å². The van der Waals surface area contributed by atoms with Crippen LogP contribution < -0.4 is 9.64 Å². The molecule has 0 amide bonds. The Balaban J connectivity index is 1.42. The van der Waals surface area contributed by atoms with Crippen molar-refractivity contribution in [3.8, 4) is 5.75 Å². The summed E-state index contributed by atoms with van der Waals surface area (Å²) in [5.74, 6) is 0.655. The third-order valence-corrected chi connectivity index (χ3v) is 5.21. The maximum atomic E-state index is 13.8. The first-order valence-corrected chi connectivity index (χ1v) is 9.96. The van der Waals surface area contributed by atoms with Crippen LogP contribution in [0.3, 0.4) is 0 Å². The molecular formula is C20H29FN4O4. The molecule has 3 rings (SSSR count). The summed E-state index contributed by atoms with van der Waals surface area (Å²) >= 11 is 0. The minimum Gasteiger partial charge on any atom is -0.493 e. The molecule has 0 saturated carbocycles. The minimum absolute atomic E-state index is 0.162. The fourth-order valence-electron chi connectivity index (χ4n) is 3.28. The summed E-state index contributed by atoms with van der Waals surface area (Å²) in [6.45, 7) is 10.1. The number of halogens is 1. The Bertz CT molecular complexity index is 791. The van der Waals surface area contributed by atoms with Gasteiger partial charge in [0.1, 0.15) is 11.6 Å². The molecule has 1 saturated heterocycles. The molecule has 0 bridgehead atoms. The van der Waals surface area contributed by atoms with Crippen LogP contribution in [-0.2, 0) is 0 Å². The highest BCUT2D eigenvalue weighted by molar-refractivity contribution is 5.29. The van der Waals surface area contributed by atoms with E-state index in [2.05, 4.69) is 26.9 Å². The lowest BCUT2D eigenvalue weighted by molar-refractivity contribution is -0.0449. The molecule has 2 heterocycles. The Kier molecular flexibility index (Phi) is 7.05. The summed E-state index contributed by atoms with van der Waals surface area (Å²) in [4.78, 5) is 8.95. The van der Waals surface area contributed by atoms with E-state index in [9.17, 15) is 4.39 Å². The second-order valence-electron chi connectivity index (χ2n) is 7.66. The van der Waals surface area contributed by atoms with Crippen LogP contribution in [0.4, 0.5) is 10.4 Å². The molecular weight excluding hydrogens is 379 g/mol. The van der Waals surface area contributed by atoms with Crippen LogP contribution in [-0.4, -0.2) is 64.1 Å². The van der Waals surface area contributed by atoms with Gasteiger partial charge in [0.2, 0.25) is 0 Å². The van der Waals surface area contributed by atoms with Gasteiger partial charge < -0.3 is 24.4 Å². The van der Waals surface area contributed by atoms with Gasteiger partial charge in [0.05, 0.1) is 6.61 Å². The normalized spacial score (nSPS) is 16.6. The zero-order chi connectivity index (χ0) is 21.0. The van der Waals surface area contributed by atoms with Gasteiger partial charge in [-0.25, -0.2) is 4.39 Å². The Morgan fingerprint density at radius 1 is 1.17 bits per heavy atom. The van der Waals surface area contributed by atoms with Crippen LogP contribution in [0, 0.1) is 5.82 Å². The van der Waals surface area contributed by atoms with Crippen molar-refractivity contribution >= 4 is 6.01 Å². The van der Waals surface area contributed by atoms with Crippen molar-refractivity contribution in [2.75, 3.05) is 37.7 Å². The molecule has 9 heteroatoms. The van der Waals surface area contributed by atoms with E-state index in [1.54, 1.807) is 0 Å². The van der Waals surface area contributed by atoms with Crippen molar-refractivity contribution in [1.29, 1.82) is 0 Å². The van der Waals surface area contributed by atoms with Gasteiger partial charge in [-0.2, -0.15) is 4.98 Å². The lowest BCUT2D eigenvalue weighted by Gasteiger charge is -2.37. The maximum Gasteiger partial charge on any atom is 0.324 e. The van der Waals surface area contributed by atoms with E-state index in [0.717, 1.165) is 38.4 Å². The molecule has 2 aromatic rings. The molecule has 1 aromatic heterocycles. The predicted molar refractivity (Wildman–Crippen MR) is 105 cm³/mol. The Morgan fingerprint density at radius 3 is 2.48 bits per heavy atom. The molecule has 1 fully saturated rings. The average Bonchev–Trinajstić information content (AvgIpc) is 3.18. The molecule has 0 aliphatic carbocycles. The van der Waals surface area contributed by atoms with Crippen LogP contribution in [0.25, 0.3) is 0 Å². The summed E-state index contributed by atoms with van der Waals surface area (Å²) in [5, 5.41) is 22.1. The molecule has 0 spiro atoms. The number of aliphatic hydroxyl groups excluding tert-OH is 1. The van der Waals surface area contributed by atoms with Gasteiger partial charge in [-0.1, -0.05) is 19.0 Å². The number of piperazine rings is 1. The molecule has 0 unspecified atom stereocenters. The van der Waals surface area contributed by atoms with E-state index in [4.69, 9.17) is 19.5 Å². The van der Waals surface area contributed by atoms with Gasteiger partial charge in [0.25, 0.3) is 0 Å². The molecule has 1 atom stereocenters. The lowest BCUT2D eigenvalue weighted by Crippen LogP contribution is -2.50. The maximum absolute atomic E-state index is 13.8. The molecule has 8 nitrogen and oxygen atoms in total. The van der Waals surface area contributed by atoms with E-state index >= 15 is 0 Å². The van der Waals surface area contributed by atoms with Crippen molar-refractivity contribution < 1.29 is 23.9 Å². The summed E-state index contributed by atoms with van der Waals surface area (Å²) in [5.41, 5.74) is -0.162. The average molecular weight is 408 g/mol. The van der Waals surface area contributed by atoms with E-state index in [0.29, 0.717) is 24.4 Å². The zero-order valence-electron chi connectivity index (χ0n) is 17.1. The third kappa shape index (κ3) is 5.43. The number of ether oxygens (including phenoxy) is 1. The molecule has 2 N–H and O–H groups in total. The molecule has 0 radical (unpaired) electrons. The quantitative estimate of drug-likeness (QED) is 0.643. The number of hydrogen-bond acceptors (Lipinski definition) is 8. The second kappa shape index (κ2) is 9.51. The van der Waals surface area contributed by atoms with Crippen molar-refractivity contribution in [2.24, 2.45) is 0 Å². The van der Waals surface area contributed by atoms with E-state index in [1.165, 1.54) is 18.2 Å². The van der Waals surface area contributed by atoms with Crippen LogP contribution in [0.2, 0.25) is 0 Å². The number of hydrogen-bond donors (Lipinski definition) is 2. The number of aromatic nitrogens is 2. The summed E-state index contributed by atoms with van der Waals surface area (Å²) in [6, 6.07) is 4.93. The van der Waals surface area contributed by atoms with Crippen LogP contribution in [0.15, 0.2) is 22.7 Å². The van der Waals surface area contributed by atoms with Crippen molar-refractivity contribution in [3.63, 3.8) is 0 Å². The van der Waals surface area contributed by atoms with Crippen molar-refractivity contribution in [1.82, 2.24) is 15.0 Å². The number of anilines is 1. The fraction of sp³-hybridized carbons (Fsp3) is 0.600. The summed E-state index contributed by atoms with van der Waals surface area (Å²) in [6.07, 6.45) is -1.03. The third-order valence-electron chi connectivity index (χ3n) is 5.21. The highest BCUT2D eigenvalue weighted by Gasteiger charge is 2.24. The number of rotatable bonds is 8. The Morgan fingerprint density at radius 2 is 1.90 bits per heavy atom. The number of aliphatic hydroxyl groups is 2. The Labute approximate surface area is 169 Å². The second-order valence-corrected chi connectivity index (χ2v) is 7.66. The van der Waals surface area contributed by atoms with Gasteiger partial charge >= 0.3 is 6.01 Å². The molecule has 1 aliphatic rings. The molecule has 1 aliphatic heterocycles. The first-order chi connectivity index (χ1) is 13.8. The van der Waals surface area contributed by atoms with Crippen LogP contribution >= 0.6 is 0 Å². The van der Waals surface area contributed by atoms with Gasteiger partial charge in [-0.3, -0.25) is 4.90 Å². The standard InChI is InChI=1S/C20H29FN4O4/c1-13(2)18-22-20(29-23-18)25-9-7-24(8-10-25)14(3)6-11-28-15-4-5-16(19(26)27)17(21)12-15/h4-5,12-14,19,26-27H,6-11H2,1-3H3/t14-/m0/s1. The number of benzene rings is 1. The van der Waals surface area contributed by atoms with Crippen LogP contribution in [0.5, 0.6) is 5.75 Å². The topological polar surface area (TPSA) is 95.1 Å². The zero-order valence-corrected chi connectivity index (χ0v) is 17.1. The van der Waals surface area contributed by atoms with Gasteiger partial charge in [0.15, 0.2) is 12.1 Å². The highest BCUT2D eigenvalue weighted by atomic mass is 19.1. The number of nitrogens with zero attached hydrogens (tertiary/aromatic N) is 4. The van der Waals surface area contributed by atoms with Gasteiger partial charge in [0, 0.05) is 49.8 Å². The smallest absolute Gasteiger partial charge is 0.324 e. The first kappa shape index (κ1) is 21.5. The van der Waals surface area contributed by atoms with Crippen molar-refractivity contribution in [2.45, 2.75) is 45.4 Å². The summed E-state index contributed by atoms with van der Waals surface area (Å²) in [7, 11) is 0. The largest absolute Gasteiger partial charge is 0.493 e. The fourth-order valence-corrected chi connectivity index (χ4v) is 3.28. The molecule has 29 heavy (non-hydrogen) atoms. The highest BCUT2D eigenvalue weighted by Crippen LogP contribution is 2.22. The molecule has 1 aromatic carbocycles. The van der Waals surface area contributed by atoms with Gasteiger partial charge in [-0.05, 0) is 25.5 Å². The monoisotopic (exact) mass is 408 g/mol. The first-order valence-electron chi connectivity index (χ1n) is 9.96.